The predicted octanol–water partition coefficient (Wildman–Crippen LogP) is 5.23. The molecular formula is C11H7Cl3N2O2S. The van der Waals surface area contributed by atoms with Gasteiger partial charge in [0.05, 0.1) is 25.7 Å². The van der Waals surface area contributed by atoms with Crippen LogP contribution in [0.2, 0.25) is 15.1 Å². The molecule has 0 bridgehead atoms. The van der Waals surface area contributed by atoms with Crippen molar-refractivity contribution in [3.63, 3.8) is 0 Å². The van der Waals surface area contributed by atoms with Crippen molar-refractivity contribution < 1.29 is 4.92 Å². The fourth-order valence-corrected chi connectivity index (χ4v) is 2.75. The van der Waals surface area contributed by atoms with Gasteiger partial charge >= 0.3 is 5.00 Å². The molecule has 0 aliphatic carbocycles. The standard InChI is InChI=1S/C11H7Cl3N2O2S/c12-7-2-9(14)10(3-8(7)13)15-4-6-1-11(16(17)18)19-5-6/h1-3,5,15H,4H2. The van der Waals surface area contributed by atoms with Crippen molar-refractivity contribution in [3.8, 4) is 0 Å². The lowest BCUT2D eigenvalue weighted by molar-refractivity contribution is -0.380. The Balaban J connectivity index is 2.09. The van der Waals surface area contributed by atoms with E-state index in [0.29, 0.717) is 27.3 Å². The summed E-state index contributed by atoms with van der Waals surface area (Å²) in [5, 5.41) is 16.7. The zero-order valence-corrected chi connectivity index (χ0v) is 12.4. The first-order valence-electron chi connectivity index (χ1n) is 5.07. The number of hydrogen-bond donors (Lipinski definition) is 1. The van der Waals surface area contributed by atoms with Gasteiger partial charge in [0.1, 0.15) is 0 Å². The van der Waals surface area contributed by atoms with E-state index in [0.717, 1.165) is 16.9 Å². The molecule has 0 atom stereocenters. The molecule has 8 heteroatoms. The maximum absolute atomic E-state index is 10.6. The lowest BCUT2D eigenvalue weighted by atomic mass is 10.3. The first-order chi connectivity index (χ1) is 8.97. The third kappa shape index (κ3) is 3.51. The van der Waals surface area contributed by atoms with E-state index in [9.17, 15) is 10.1 Å². The zero-order valence-electron chi connectivity index (χ0n) is 9.32. The lowest BCUT2D eigenvalue weighted by Crippen LogP contribution is -1.98. The largest absolute Gasteiger partial charge is 0.380 e. The molecule has 0 aliphatic heterocycles. The number of thiophene rings is 1. The maximum atomic E-state index is 10.6. The molecule has 2 aromatic rings. The summed E-state index contributed by atoms with van der Waals surface area (Å²) < 4.78 is 0. The van der Waals surface area contributed by atoms with Crippen molar-refractivity contribution in [2.75, 3.05) is 5.32 Å². The molecule has 1 heterocycles. The third-order valence-corrected chi connectivity index (χ3v) is 4.28. The molecule has 1 aromatic carbocycles. The van der Waals surface area contributed by atoms with Gasteiger partial charge in [0.2, 0.25) is 0 Å². The Morgan fingerprint density at radius 2 is 1.84 bits per heavy atom. The highest BCUT2D eigenvalue weighted by atomic mass is 35.5. The van der Waals surface area contributed by atoms with Crippen molar-refractivity contribution >= 4 is 56.8 Å². The van der Waals surface area contributed by atoms with E-state index in [4.69, 9.17) is 34.8 Å². The van der Waals surface area contributed by atoms with Gasteiger partial charge in [0.15, 0.2) is 0 Å². The normalized spacial score (nSPS) is 10.5. The molecule has 0 unspecified atom stereocenters. The van der Waals surface area contributed by atoms with Crippen LogP contribution in [0.25, 0.3) is 0 Å². The summed E-state index contributed by atoms with van der Waals surface area (Å²) in [5.41, 5.74) is 1.43. The Bertz CT molecular complexity index is 630. The highest BCUT2D eigenvalue weighted by molar-refractivity contribution is 7.13. The lowest BCUT2D eigenvalue weighted by Gasteiger charge is -2.08. The molecule has 1 aromatic heterocycles. The van der Waals surface area contributed by atoms with E-state index >= 15 is 0 Å². The number of anilines is 1. The predicted molar refractivity (Wildman–Crippen MR) is 79.8 cm³/mol. The number of benzene rings is 1. The van der Waals surface area contributed by atoms with E-state index in [1.54, 1.807) is 17.5 Å². The average Bonchev–Trinajstić information content (AvgIpc) is 2.81. The molecule has 2 rings (SSSR count). The Hall–Kier alpha value is -1.01. The molecule has 0 spiro atoms. The van der Waals surface area contributed by atoms with Gasteiger partial charge in [0.25, 0.3) is 0 Å². The van der Waals surface area contributed by atoms with Gasteiger partial charge in [-0.2, -0.15) is 0 Å². The summed E-state index contributed by atoms with van der Waals surface area (Å²) in [5.74, 6) is 0. The molecule has 4 nitrogen and oxygen atoms in total. The van der Waals surface area contributed by atoms with Gasteiger partial charge in [-0.15, -0.1) is 0 Å². The molecule has 0 aliphatic rings. The first-order valence-corrected chi connectivity index (χ1v) is 7.09. The number of halogens is 3. The number of nitrogens with one attached hydrogen (secondary N) is 1. The fourth-order valence-electron chi connectivity index (χ4n) is 1.41. The van der Waals surface area contributed by atoms with Crippen LogP contribution in [0, 0.1) is 10.1 Å². The maximum Gasteiger partial charge on any atom is 0.324 e. The SMILES string of the molecule is O=[N+]([O-])c1cc(CNc2cc(Cl)c(Cl)cc2Cl)cs1. The van der Waals surface area contributed by atoms with Gasteiger partial charge < -0.3 is 5.32 Å². The second-order valence-electron chi connectivity index (χ2n) is 3.65. The van der Waals surface area contributed by atoms with Crippen LogP contribution in [-0.2, 0) is 6.54 Å². The molecule has 0 radical (unpaired) electrons. The Kier molecular flexibility index (Phi) is 4.52. The molecule has 0 saturated carbocycles. The van der Waals surface area contributed by atoms with Crippen LogP contribution in [0.1, 0.15) is 5.56 Å². The van der Waals surface area contributed by atoms with Crippen molar-refractivity contribution in [1.82, 2.24) is 0 Å². The van der Waals surface area contributed by atoms with Gasteiger partial charge in [-0.1, -0.05) is 46.1 Å². The third-order valence-electron chi connectivity index (χ3n) is 2.31. The van der Waals surface area contributed by atoms with E-state index < -0.39 is 4.92 Å². The van der Waals surface area contributed by atoms with Gasteiger partial charge in [-0.3, -0.25) is 10.1 Å². The summed E-state index contributed by atoms with van der Waals surface area (Å²) in [7, 11) is 0. The Morgan fingerprint density at radius 1 is 1.16 bits per heavy atom. The summed E-state index contributed by atoms with van der Waals surface area (Å²) in [4.78, 5) is 10.2. The molecule has 100 valence electrons. The van der Waals surface area contributed by atoms with E-state index in [-0.39, 0.29) is 5.00 Å². The second-order valence-corrected chi connectivity index (χ2v) is 5.76. The van der Waals surface area contributed by atoms with E-state index in [2.05, 4.69) is 5.32 Å². The fraction of sp³-hybridized carbons (Fsp3) is 0.0909. The zero-order chi connectivity index (χ0) is 14.0. The first kappa shape index (κ1) is 14.4. The van der Waals surface area contributed by atoms with Crippen molar-refractivity contribution in [2.24, 2.45) is 0 Å². The minimum atomic E-state index is -0.416. The second kappa shape index (κ2) is 5.96. The Morgan fingerprint density at radius 3 is 2.47 bits per heavy atom. The number of rotatable bonds is 4. The van der Waals surface area contributed by atoms with Crippen LogP contribution in [0.15, 0.2) is 23.6 Å². The highest BCUT2D eigenvalue weighted by Gasteiger charge is 2.10. The minimum Gasteiger partial charge on any atom is -0.380 e. The van der Waals surface area contributed by atoms with E-state index in [1.807, 2.05) is 0 Å². The molecule has 19 heavy (non-hydrogen) atoms. The van der Waals surface area contributed by atoms with Crippen LogP contribution < -0.4 is 5.32 Å². The highest BCUT2D eigenvalue weighted by Crippen LogP contribution is 2.32. The quantitative estimate of drug-likeness (QED) is 0.472. The van der Waals surface area contributed by atoms with E-state index in [1.165, 1.54) is 6.07 Å². The van der Waals surface area contributed by atoms with Crippen molar-refractivity contribution in [2.45, 2.75) is 6.54 Å². The van der Waals surface area contributed by atoms with Gasteiger partial charge in [0, 0.05) is 18.0 Å². The van der Waals surface area contributed by atoms with Gasteiger partial charge in [-0.05, 0) is 17.7 Å². The summed E-state index contributed by atoms with van der Waals surface area (Å²) in [6.45, 7) is 0.419. The molecule has 0 saturated heterocycles. The van der Waals surface area contributed by atoms with Crippen LogP contribution in [0.3, 0.4) is 0 Å². The van der Waals surface area contributed by atoms with Crippen molar-refractivity contribution in [3.05, 3.63) is 54.3 Å². The smallest absolute Gasteiger partial charge is 0.324 e. The summed E-state index contributed by atoms with van der Waals surface area (Å²) >= 11 is 18.8. The van der Waals surface area contributed by atoms with Crippen LogP contribution in [0.4, 0.5) is 10.7 Å². The molecule has 0 fully saturated rings. The van der Waals surface area contributed by atoms with Crippen LogP contribution >= 0.6 is 46.1 Å². The van der Waals surface area contributed by atoms with Crippen LogP contribution in [0.5, 0.6) is 0 Å². The van der Waals surface area contributed by atoms with Crippen molar-refractivity contribution in [1.29, 1.82) is 0 Å². The average molecular weight is 338 g/mol. The molecule has 0 amide bonds. The summed E-state index contributed by atoms with van der Waals surface area (Å²) in [6.07, 6.45) is 0. The molecular weight excluding hydrogens is 331 g/mol. The number of nitrogens with zero attached hydrogens (tertiary/aromatic N) is 1. The number of nitro groups is 1. The monoisotopic (exact) mass is 336 g/mol. The minimum absolute atomic E-state index is 0.108. The topological polar surface area (TPSA) is 55.2 Å². The number of hydrogen-bond acceptors (Lipinski definition) is 4. The van der Waals surface area contributed by atoms with Gasteiger partial charge in [-0.25, -0.2) is 0 Å². The molecule has 1 N–H and O–H groups in total. The summed E-state index contributed by atoms with van der Waals surface area (Å²) in [6, 6.07) is 4.68. The van der Waals surface area contributed by atoms with Crippen LogP contribution in [-0.4, -0.2) is 4.92 Å². The Labute approximate surface area is 128 Å².